The smallest absolute Gasteiger partial charge is 0.120 e. The molecule has 94 valence electrons. The Morgan fingerprint density at radius 1 is 1.41 bits per heavy atom. The number of nitrogens with zero attached hydrogens (tertiary/aromatic N) is 1. The van der Waals surface area contributed by atoms with Crippen molar-refractivity contribution in [2.24, 2.45) is 0 Å². The van der Waals surface area contributed by atoms with E-state index in [9.17, 15) is 0 Å². The number of ether oxygens (including phenoxy) is 2. The quantitative estimate of drug-likeness (QED) is 0.853. The third kappa shape index (κ3) is 3.21. The molecule has 1 atom stereocenters. The summed E-state index contributed by atoms with van der Waals surface area (Å²) in [7, 11) is 3.47. The van der Waals surface area contributed by atoms with Crippen LogP contribution in [0.25, 0.3) is 0 Å². The summed E-state index contributed by atoms with van der Waals surface area (Å²) >= 11 is 3.59. The minimum absolute atomic E-state index is 0.395. The van der Waals surface area contributed by atoms with Gasteiger partial charge in [0.05, 0.1) is 13.2 Å². The monoisotopic (exact) mass is 299 g/mol. The maximum absolute atomic E-state index is 5.37. The second-order valence-corrected chi connectivity index (χ2v) is 5.19. The molecule has 3 nitrogen and oxygen atoms in total. The molecule has 1 aromatic rings. The third-order valence-electron chi connectivity index (χ3n) is 3.22. The number of hydrogen-bond acceptors (Lipinski definition) is 3. The summed E-state index contributed by atoms with van der Waals surface area (Å²) in [6, 6.07) is 6.13. The van der Waals surface area contributed by atoms with Gasteiger partial charge in [-0.1, -0.05) is 22.0 Å². The van der Waals surface area contributed by atoms with Gasteiger partial charge in [0, 0.05) is 31.2 Å². The lowest BCUT2D eigenvalue weighted by Gasteiger charge is -2.17. The van der Waals surface area contributed by atoms with Crippen LogP contribution < -0.4 is 4.74 Å². The Morgan fingerprint density at radius 3 is 2.82 bits per heavy atom. The molecule has 1 aliphatic heterocycles. The van der Waals surface area contributed by atoms with Crippen LogP contribution in [-0.4, -0.2) is 38.3 Å². The minimum Gasteiger partial charge on any atom is -0.497 e. The van der Waals surface area contributed by atoms with E-state index in [2.05, 4.69) is 26.9 Å². The lowest BCUT2D eigenvalue weighted by Crippen LogP contribution is -2.22. The molecule has 0 spiro atoms. The van der Waals surface area contributed by atoms with Crippen LogP contribution in [0.5, 0.6) is 5.75 Å². The molecule has 0 aliphatic carbocycles. The van der Waals surface area contributed by atoms with E-state index in [-0.39, 0.29) is 0 Å². The van der Waals surface area contributed by atoms with Crippen molar-refractivity contribution < 1.29 is 9.47 Å². The highest BCUT2D eigenvalue weighted by molar-refractivity contribution is 9.10. The number of methoxy groups -OCH3 is 2. The fourth-order valence-corrected chi connectivity index (χ4v) is 2.64. The van der Waals surface area contributed by atoms with Gasteiger partial charge >= 0.3 is 0 Å². The van der Waals surface area contributed by atoms with E-state index in [1.807, 2.05) is 12.1 Å². The molecule has 0 aromatic heterocycles. The van der Waals surface area contributed by atoms with Gasteiger partial charge in [-0.3, -0.25) is 4.90 Å². The Bertz CT molecular complexity index is 384. The highest BCUT2D eigenvalue weighted by Gasteiger charge is 2.22. The van der Waals surface area contributed by atoms with Crippen molar-refractivity contribution in [2.45, 2.75) is 19.1 Å². The fourth-order valence-electron chi connectivity index (χ4n) is 2.16. The molecule has 17 heavy (non-hydrogen) atoms. The van der Waals surface area contributed by atoms with Crippen LogP contribution in [0.3, 0.4) is 0 Å². The standard InChI is InChI=1S/C13H18BrNO2/c1-16-11-4-3-10(13(14)7-11)8-15-6-5-12(9-15)17-2/h3-4,7,12H,5-6,8-9H2,1-2H3/t12-/m1/s1. The zero-order chi connectivity index (χ0) is 12.3. The van der Waals surface area contributed by atoms with E-state index in [0.717, 1.165) is 36.3 Å². The van der Waals surface area contributed by atoms with Crippen molar-refractivity contribution in [1.29, 1.82) is 0 Å². The summed E-state index contributed by atoms with van der Waals surface area (Å²) in [6.07, 6.45) is 1.52. The Labute approximate surface area is 111 Å². The lowest BCUT2D eigenvalue weighted by atomic mass is 10.2. The Kier molecular flexibility index (Phi) is 4.42. The number of likely N-dealkylation sites (tertiary alicyclic amines) is 1. The first-order valence-electron chi connectivity index (χ1n) is 5.80. The van der Waals surface area contributed by atoms with Gasteiger partial charge in [-0.25, -0.2) is 0 Å². The molecule has 0 N–H and O–H groups in total. The molecule has 1 aliphatic rings. The van der Waals surface area contributed by atoms with E-state index in [1.54, 1.807) is 14.2 Å². The van der Waals surface area contributed by atoms with Crippen molar-refractivity contribution >= 4 is 15.9 Å². The molecule has 1 fully saturated rings. The van der Waals surface area contributed by atoms with Crippen molar-refractivity contribution in [1.82, 2.24) is 4.90 Å². The average Bonchev–Trinajstić information content (AvgIpc) is 2.79. The second-order valence-electron chi connectivity index (χ2n) is 4.34. The molecule has 0 unspecified atom stereocenters. The number of hydrogen-bond donors (Lipinski definition) is 0. The maximum atomic E-state index is 5.37. The topological polar surface area (TPSA) is 21.7 Å². The summed E-state index contributed by atoms with van der Waals surface area (Å²) < 4.78 is 11.7. The molecule has 0 amide bonds. The second kappa shape index (κ2) is 5.85. The largest absolute Gasteiger partial charge is 0.497 e. The molecule has 1 saturated heterocycles. The Morgan fingerprint density at radius 2 is 2.24 bits per heavy atom. The van der Waals surface area contributed by atoms with Crippen LogP contribution in [-0.2, 0) is 11.3 Å². The molecule has 0 saturated carbocycles. The van der Waals surface area contributed by atoms with Gasteiger partial charge in [0.1, 0.15) is 5.75 Å². The Hall–Kier alpha value is -0.580. The maximum Gasteiger partial charge on any atom is 0.120 e. The van der Waals surface area contributed by atoms with Crippen molar-refractivity contribution in [3.63, 3.8) is 0 Å². The Balaban J connectivity index is 1.99. The average molecular weight is 300 g/mol. The molecule has 4 heteroatoms. The van der Waals surface area contributed by atoms with Gasteiger partial charge in [-0.2, -0.15) is 0 Å². The normalized spacial score (nSPS) is 20.8. The van der Waals surface area contributed by atoms with Crippen LogP contribution >= 0.6 is 15.9 Å². The van der Waals surface area contributed by atoms with Gasteiger partial charge < -0.3 is 9.47 Å². The molecule has 0 radical (unpaired) electrons. The summed E-state index contributed by atoms with van der Waals surface area (Å²) in [5.41, 5.74) is 1.29. The number of benzene rings is 1. The zero-order valence-electron chi connectivity index (χ0n) is 10.3. The van der Waals surface area contributed by atoms with Crippen molar-refractivity contribution in [3.05, 3.63) is 28.2 Å². The predicted molar refractivity (Wildman–Crippen MR) is 71.4 cm³/mol. The van der Waals surface area contributed by atoms with Crippen LogP contribution in [0, 0.1) is 0 Å². The zero-order valence-corrected chi connectivity index (χ0v) is 11.9. The number of rotatable bonds is 4. The van der Waals surface area contributed by atoms with Gasteiger partial charge in [-0.05, 0) is 24.1 Å². The third-order valence-corrected chi connectivity index (χ3v) is 3.95. The fraction of sp³-hybridized carbons (Fsp3) is 0.538. The van der Waals surface area contributed by atoms with Crippen molar-refractivity contribution in [2.75, 3.05) is 27.3 Å². The van der Waals surface area contributed by atoms with E-state index >= 15 is 0 Å². The van der Waals surface area contributed by atoms with Gasteiger partial charge in [0.2, 0.25) is 0 Å². The summed E-state index contributed by atoms with van der Waals surface area (Å²) in [4.78, 5) is 2.42. The molecule has 0 bridgehead atoms. The van der Waals surface area contributed by atoms with Crippen LogP contribution in [0.15, 0.2) is 22.7 Å². The van der Waals surface area contributed by atoms with E-state index in [4.69, 9.17) is 9.47 Å². The highest BCUT2D eigenvalue weighted by atomic mass is 79.9. The summed E-state index contributed by atoms with van der Waals surface area (Å²) in [5, 5.41) is 0. The lowest BCUT2D eigenvalue weighted by molar-refractivity contribution is 0.107. The number of halogens is 1. The SMILES string of the molecule is COc1ccc(CN2CC[C@@H](OC)C2)c(Br)c1. The molecular formula is C13H18BrNO2. The van der Waals surface area contributed by atoms with Crippen LogP contribution in [0.4, 0.5) is 0 Å². The summed E-state index contributed by atoms with van der Waals surface area (Å²) in [6.45, 7) is 3.09. The van der Waals surface area contributed by atoms with E-state index in [1.165, 1.54) is 5.56 Å². The summed E-state index contributed by atoms with van der Waals surface area (Å²) in [5.74, 6) is 0.886. The molecular weight excluding hydrogens is 282 g/mol. The molecule has 1 heterocycles. The van der Waals surface area contributed by atoms with Gasteiger partial charge in [0.25, 0.3) is 0 Å². The first kappa shape index (κ1) is 12.9. The van der Waals surface area contributed by atoms with Gasteiger partial charge in [-0.15, -0.1) is 0 Å². The van der Waals surface area contributed by atoms with E-state index < -0.39 is 0 Å². The highest BCUT2D eigenvalue weighted by Crippen LogP contribution is 2.25. The first-order chi connectivity index (χ1) is 8.22. The van der Waals surface area contributed by atoms with Gasteiger partial charge in [0.15, 0.2) is 0 Å². The molecule has 2 rings (SSSR count). The van der Waals surface area contributed by atoms with Crippen LogP contribution in [0.2, 0.25) is 0 Å². The predicted octanol–water partition coefficient (Wildman–Crippen LogP) is 2.68. The van der Waals surface area contributed by atoms with Crippen LogP contribution in [0.1, 0.15) is 12.0 Å². The minimum atomic E-state index is 0.395. The van der Waals surface area contributed by atoms with Crippen molar-refractivity contribution in [3.8, 4) is 5.75 Å². The molecule has 1 aromatic carbocycles. The van der Waals surface area contributed by atoms with E-state index in [0.29, 0.717) is 6.10 Å². The first-order valence-corrected chi connectivity index (χ1v) is 6.60.